The second-order valence-electron chi connectivity index (χ2n) is 7.16. The SMILES string of the molecule is O=C(c1ccc2c(c1)OCO2)N1CCC(c2nc(-c3ccsc3)cc(=O)[nH]2)CC1. The van der Waals surface area contributed by atoms with Crippen LogP contribution in [0.2, 0.25) is 0 Å². The molecule has 1 saturated heterocycles. The van der Waals surface area contributed by atoms with Gasteiger partial charge in [0.15, 0.2) is 11.5 Å². The van der Waals surface area contributed by atoms with Gasteiger partial charge in [0.2, 0.25) is 6.79 Å². The maximum atomic E-state index is 12.9. The Balaban J connectivity index is 1.29. The molecule has 8 heteroatoms. The van der Waals surface area contributed by atoms with E-state index in [1.807, 2.05) is 21.7 Å². The van der Waals surface area contributed by atoms with Crippen molar-refractivity contribution in [3.63, 3.8) is 0 Å². The fourth-order valence-corrected chi connectivity index (χ4v) is 4.45. The second-order valence-corrected chi connectivity index (χ2v) is 7.94. The average Bonchev–Trinajstić information content (AvgIpc) is 3.44. The van der Waals surface area contributed by atoms with Crippen molar-refractivity contribution in [2.45, 2.75) is 18.8 Å². The smallest absolute Gasteiger partial charge is 0.253 e. The number of H-pyrrole nitrogens is 1. The van der Waals surface area contributed by atoms with Crippen molar-refractivity contribution in [1.29, 1.82) is 0 Å². The molecule has 0 radical (unpaired) electrons. The van der Waals surface area contributed by atoms with Gasteiger partial charge in [-0.15, -0.1) is 0 Å². The van der Waals surface area contributed by atoms with Crippen LogP contribution in [0.5, 0.6) is 11.5 Å². The first-order valence-electron chi connectivity index (χ1n) is 9.50. The minimum atomic E-state index is -0.143. The lowest BCUT2D eigenvalue weighted by atomic mass is 9.95. The van der Waals surface area contributed by atoms with Crippen LogP contribution in [0.3, 0.4) is 0 Å². The summed E-state index contributed by atoms with van der Waals surface area (Å²) in [6, 6.07) is 8.77. The molecule has 0 unspecified atom stereocenters. The van der Waals surface area contributed by atoms with Gasteiger partial charge in [0.05, 0.1) is 5.69 Å². The Morgan fingerprint density at radius 3 is 2.76 bits per heavy atom. The third-order valence-corrected chi connectivity index (χ3v) is 6.05. The van der Waals surface area contributed by atoms with Gasteiger partial charge in [0.25, 0.3) is 11.5 Å². The number of fused-ring (bicyclic) bond motifs is 1. The predicted octanol–water partition coefficient (Wildman–Crippen LogP) is 3.25. The summed E-state index contributed by atoms with van der Waals surface area (Å²) in [5.41, 5.74) is 2.11. The van der Waals surface area contributed by atoms with Gasteiger partial charge < -0.3 is 19.4 Å². The van der Waals surface area contributed by atoms with Crippen LogP contribution in [-0.4, -0.2) is 40.7 Å². The van der Waals surface area contributed by atoms with Crippen molar-refractivity contribution in [3.05, 3.63) is 62.8 Å². The standard InChI is InChI=1S/C21H19N3O4S/c25-19-10-16(15-5-8-29-11-15)22-20(23-19)13-3-6-24(7-4-13)21(26)14-1-2-17-18(9-14)28-12-27-17/h1-2,5,8-11,13H,3-4,6-7,12H2,(H,22,23,25). The molecule has 4 heterocycles. The molecule has 3 aromatic rings. The van der Waals surface area contributed by atoms with Crippen LogP contribution in [0.15, 0.2) is 45.9 Å². The highest BCUT2D eigenvalue weighted by Crippen LogP contribution is 2.33. The zero-order chi connectivity index (χ0) is 19.8. The highest BCUT2D eigenvalue weighted by atomic mass is 32.1. The zero-order valence-electron chi connectivity index (χ0n) is 15.6. The average molecular weight is 409 g/mol. The number of aromatic nitrogens is 2. The fraction of sp³-hybridized carbons (Fsp3) is 0.286. The third kappa shape index (κ3) is 3.51. The number of aromatic amines is 1. The van der Waals surface area contributed by atoms with E-state index in [1.54, 1.807) is 29.5 Å². The van der Waals surface area contributed by atoms with Gasteiger partial charge in [-0.25, -0.2) is 4.98 Å². The van der Waals surface area contributed by atoms with Crippen LogP contribution in [-0.2, 0) is 0 Å². The van der Waals surface area contributed by atoms with E-state index in [4.69, 9.17) is 9.47 Å². The lowest BCUT2D eigenvalue weighted by Crippen LogP contribution is -2.38. The molecule has 5 rings (SSSR count). The number of ether oxygens (including phenoxy) is 2. The fourth-order valence-electron chi connectivity index (χ4n) is 3.80. The number of hydrogen-bond donors (Lipinski definition) is 1. The molecule has 1 amide bonds. The van der Waals surface area contributed by atoms with Crippen molar-refractivity contribution < 1.29 is 14.3 Å². The van der Waals surface area contributed by atoms with Crippen molar-refractivity contribution in [2.24, 2.45) is 0 Å². The van der Waals surface area contributed by atoms with Crippen molar-refractivity contribution in [2.75, 3.05) is 19.9 Å². The van der Waals surface area contributed by atoms with E-state index in [2.05, 4.69) is 9.97 Å². The number of thiophene rings is 1. The summed E-state index contributed by atoms with van der Waals surface area (Å²) >= 11 is 1.58. The Morgan fingerprint density at radius 2 is 1.97 bits per heavy atom. The number of carbonyl (C=O) groups is 1. The van der Waals surface area contributed by atoms with Gasteiger partial charge in [0, 0.05) is 41.6 Å². The topological polar surface area (TPSA) is 84.5 Å². The van der Waals surface area contributed by atoms with E-state index in [-0.39, 0.29) is 24.2 Å². The maximum absolute atomic E-state index is 12.9. The number of carbonyl (C=O) groups excluding carboxylic acids is 1. The molecule has 1 aromatic carbocycles. The molecule has 2 aliphatic rings. The summed E-state index contributed by atoms with van der Waals surface area (Å²) in [5.74, 6) is 2.09. The number of hydrogen-bond acceptors (Lipinski definition) is 6. The van der Waals surface area contributed by atoms with E-state index >= 15 is 0 Å². The van der Waals surface area contributed by atoms with E-state index in [0.717, 1.165) is 18.4 Å². The largest absolute Gasteiger partial charge is 0.454 e. The quantitative estimate of drug-likeness (QED) is 0.718. The molecular weight excluding hydrogens is 390 g/mol. The van der Waals surface area contributed by atoms with Crippen LogP contribution in [0.1, 0.15) is 34.9 Å². The molecule has 2 aliphatic heterocycles. The lowest BCUT2D eigenvalue weighted by Gasteiger charge is -2.31. The minimum absolute atomic E-state index is 0.0183. The highest BCUT2D eigenvalue weighted by Gasteiger charge is 2.27. The molecule has 0 aliphatic carbocycles. The molecule has 1 fully saturated rings. The molecular formula is C21H19N3O4S. The minimum Gasteiger partial charge on any atom is -0.454 e. The summed E-state index contributed by atoms with van der Waals surface area (Å²) in [5, 5.41) is 3.95. The number of piperidine rings is 1. The van der Waals surface area contributed by atoms with Crippen LogP contribution < -0.4 is 15.0 Å². The molecule has 7 nitrogen and oxygen atoms in total. The van der Waals surface area contributed by atoms with Crippen LogP contribution in [0, 0.1) is 0 Å². The number of amides is 1. The highest BCUT2D eigenvalue weighted by molar-refractivity contribution is 7.08. The van der Waals surface area contributed by atoms with E-state index in [9.17, 15) is 9.59 Å². The lowest BCUT2D eigenvalue weighted by molar-refractivity contribution is 0.0710. The summed E-state index contributed by atoms with van der Waals surface area (Å²) in [6.45, 7) is 1.42. The van der Waals surface area contributed by atoms with Gasteiger partial charge in [0.1, 0.15) is 5.82 Å². The van der Waals surface area contributed by atoms with Gasteiger partial charge >= 0.3 is 0 Å². The van der Waals surface area contributed by atoms with Gasteiger partial charge in [-0.1, -0.05) is 0 Å². The third-order valence-electron chi connectivity index (χ3n) is 5.37. The number of nitrogens with zero attached hydrogens (tertiary/aromatic N) is 2. The second kappa shape index (κ2) is 7.36. The normalized spacial score (nSPS) is 16.2. The van der Waals surface area contributed by atoms with Crippen LogP contribution in [0.4, 0.5) is 0 Å². The molecule has 0 spiro atoms. The van der Waals surface area contributed by atoms with Gasteiger partial charge in [-0.3, -0.25) is 9.59 Å². The monoisotopic (exact) mass is 409 g/mol. The zero-order valence-corrected chi connectivity index (χ0v) is 16.4. The van der Waals surface area contributed by atoms with Crippen LogP contribution in [0.25, 0.3) is 11.3 Å². The Morgan fingerprint density at radius 1 is 1.14 bits per heavy atom. The Hall–Kier alpha value is -3.13. The predicted molar refractivity (Wildman–Crippen MR) is 109 cm³/mol. The summed E-state index contributed by atoms with van der Waals surface area (Å²) in [7, 11) is 0. The molecule has 0 atom stereocenters. The molecule has 2 aromatic heterocycles. The summed E-state index contributed by atoms with van der Waals surface area (Å²) < 4.78 is 10.7. The molecule has 0 bridgehead atoms. The first-order chi connectivity index (χ1) is 14.2. The Bertz CT molecular complexity index is 1100. The molecule has 0 saturated carbocycles. The molecule has 29 heavy (non-hydrogen) atoms. The van der Waals surface area contributed by atoms with E-state index in [0.29, 0.717) is 41.7 Å². The van der Waals surface area contributed by atoms with Gasteiger partial charge in [-0.05, 0) is 42.5 Å². The van der Waals surface area contributed by atoms with Crippen molar-refractivity contribution >= 4 is 17.2 Å². The molecule has 148 valence electrons. The first-order valence-corrected chi connectivity index (χ1v) is 10.4. The van der Waals surface area contributed by atoms with Crippen LogP contribution >= 0.6 is 11.3 Å². The summed E-state index contributed by atoms with van der Waals surface area (Å²) in [6.07, 6.45) is 1.51. The first kappa shape index (κ1) is 17.9. The maximum Gasteiger partial charge on any atom is 0.253 e. The Labute approximate surface area is 170 Å². The number of benzene rings is 1. The van der Waals surface area contributed by atoms with Crippen molar-refractivity contribution in [3.8, 4) is 22.8 Å². The van der Waals surface area contributed by atoms with E-state index < -0.39 is 0 Å². The van der Waals surface area contributed by atoms with Crippen molar-refractivity contribution in [1.82, 2.24) is 14.9 Å². The molecule has 1 N–H and O–H groups in total. The Kier molecular flexibility index (Phi) is 4.55. The number of nitrogens with one attached hydrogen (secondary N) is 1. The number of likely N-dealkylation sites (tertiary alicyclic amines) is 1. The van der Waals surface area contributed by atoms with E-state index in [1.165, 1.54) is 6.07 Å². The summed E-state index contributed by atoms with van der Waals surface area (Å²) in [4.78, 5) is 34.4. The number of rotatable bonds is 3. The van der Waals surface area contributed by atoms with Gasteiger partial charge in [-0.2, -0.15) is 11.3 Å².